The summed E-state index contributed by atoms with van der Waals surface area (Å²) in [5.41, 5.74) is 0.820. The highest BCUT2D eigenvalue weighted by Crippen LogP contribution is 2.38. The molecule has 0 saturated carbocycles. The van der Waals surface area contributed by atoms with Gasteiger partial charge in [-0.3, -0.25) is 0 Å². The maximum Gasteiger partial charge on any atom is 0.328 e. The maximum atomic E-state index is 10.4. The van der Waals surface area contributed by atoms with Gasteiger partial charge in [0.25, 0.3) is 0 Å². The summed E-state index contributed by atoms with van der Waals surface area (Å²) in [4.78, 5) is 10.4. The van der Waals surface area contributed by atoms with Crippen LogP contribution in [0.25, 0.3) is 6.08 Å². The van der Waals surface area contributed by atoms with Gasteiger partial charge in [-0.1, -0.05) is 18.2 Å². The lowest BCUT2D eigenvalue weighted by atomic mass is 10.1. The minimum Gasteiger partial charge on any atom is -0.493 e. The molecule has 1 aromatic rings. The third-order valence-corrected chi connectivity index (χ3v) is 2.41. The van der Waals surface area contributed by atoms with Crippen molar-refractivity contribution in [1.29, 1.82) is 0 Å². The van der Waals surface area contributed by atoms with Gasteiger partial charge in [0.15, 0.2) is 11.5 Å². The number of aliphatic carboxylic acids is 1. The standard InChI is InChI=1S/C15H18O5/c1-4-20-13-10-11(7-5-6-8-14(16)17)9-12(18-2)15(13)19-3/h5-10H,4H2,1-3H3,(H,16,17)/b7-5+,8-6+. The Balaban J connectivity index is 3.08. The van der Waals surface area contributed by atoms with Gasteiger partial charge >= 0.3 is 5.97 Å². The van der Waals surface area contributed by atoms with E-state index >= 15 is 0 Å². The summed E-state index contributed by atoms with van der Waals surface area (Å²) in [6, 6.07) is 3.59. The number of rotatable bonds is 7. The zero-order valence-corrected chi connectivity index (χ0v) is 11.8. The van der Waals surface area contributed by atoms with Crippen LogP contribution in [0.4, 0.5) is 0 Å². The van der Waals surface area contributed by atoms with E-state index in [1.807, 2.05) is 6.92 Å². The molecule has 0 radical (unpaired) electrons. The Morgan fingerprint density at radius 1 is 1.20 bits per heavy atom. The minimum atomic E-state index is -0.989. The molecule has 5 heteroatoms. The summed E-state index contributed by atoms with van der Waals surface area (Å²) in [6.45, 7) is 2.38. The summed E-state index contributed by atoms with van der Waals surface area (Å²) in [6.07, 6.45) is 5.88. The van der Waals surface area contributed by atoms with Crippen molar-refractivity contribution in [2.75, 3.05) is 20.8 Å². The molecule has 0 amide bonds. The molecule has 5 nitrogen and oxygen atoms in total. The van der Waals surface area contributed by atoms with Gasteiger partial charge < -0.3 is 19.3 Å². The molecular formula is C15H18O5. The second kappa shape index (κ2) is 7.89. The van der Waals surface area contributed by atoms with E-state index in [9.17, 15) is 4.79 Å². The van der Waals surface area contributed by atoms with Crippen molar-refractivity contribution in [2.24, 2.45) is 0 Å². The largest absolute Gasteiger partial charge is 0.493 e. The van der Waals surface area contributed by atoms with E-state index in [1.54, 1.807) is 38.5 Å². The Morgan fingerprint density at radius 3 is 2.45 bits per heavy atom. The molecule has 1 rings (SSSR count). The number of benzene rings is 1. The first-order chi connectivity index (χ1) is 9.62. The van der Waals surface area contributed by atoms with Crippen LogP contribution in [-0.2, 0) is 4.79 Å². The number of ether oxygens (including phenoxy) is 3. The molecule has 108 valence electrons. The molecule has 20 heavy (non-hydrogen) atoms. The quantitative estimate of drug-likeness (QED) is 0.613. The third-order valence-electron chi connectivity index (χ3n) is 2.41. The van der Waals surface area contributed by atoms with E-state index in [-0.39, 0.29) is 0 Å². The van der Waals surface area contributed by atoms with Crippen LogP contribution in [0.2, 0.25) is 0 Å². The average Bonchev–Trinajstić information content (AvgIpc) is 2.43. The molecule has 0 heterocycles. The smallest absolute Gasteiger partial charge is 0.328 e. The Labute approximate surface area is 118 Å². The molecule has 0 unspecified atom stereocenters. The molecule has 0 atom stereocenters. The molecule has 0 saturated heterocycles. The van der Waals surface area contributed by atoms with Gasteiger partial charge in [-0.25, -0.2) is 4.79 Å². The van der Waals surface area contributed by atoms with Crippen LogP contribution in [0.1, 0.15) is 12.5 Å². The van der Waals surface area contributed by atoms with Crippen LogP contribution in [0, 0.1) is 0 Å². The maximum absolute atomic E-state index is 10.4. The zero-order chi connectivity index (χ0) is 15.0. The number of hydrogen-bond acceptors (Lipinski definition) is 4. The fourth-order valence-corrected chi connectivity index (χ4v) is 1.61. The van der Waals surface area contributed by atoms with Crippen molar-refractivity contribution in [1.82, 2.24) is 0 Å². The van der Waals surface area contributed by atoms with E-state index in [0.717, 1.165) is 11.6 Å². The van der Waals surface area contributed by atoms with Crippen molar-refractivity contribution in [3.05, 3.63) is 35.9 Å². The SMILES string of the molecule is CCOc1cc(/C=C/C=C/C(=O)O)cc(OC)c1OC. The number of carboxylic acids is 1. The van der Waals surface area contributed by atoms with E-state index in [4.69, 9.17) is 19.3 Å². The van der Waals surface area contributed by atoms with Gasteiger partial charge in [-0.2, -0.15) is 0 Å². The molecule has 0 bridgehead atoms. The third kappa shape index (κ3) is 4.35. The van der Waals surface area contributed by atoms with Gasteiger partial charge in [0.2, 0.25) is 5.75 Å². The molecular weight excluding hydrogens is 260 g/mol. The number of carbonyl (C=O) groups is 1. The molecule has 0 aromatic heterocycles. The lowest BCUT2D eigenvalue weighted by Gasteiger charge is -2.13. The topological polar surface area (TPSA) is 65.0 Å². The van der Waals surface area contributed by atoms with Crippen molar-refractivity contribution < 1.29 is 24.1 Å². The second-order valence-corrected chi connectivity index (χ2v) is 3.74. The first-order valence-electron chi connectivity index (χ1n) is 6.08. The lowest BCUT2D eigenvalue weighted by Crippen LogP contribution is -1.98. The highest BCUT2D eigenvalue weighted by Gasteiger charge is 2.12. The molecule has 0 aliphatic rings. The van der Waals surface area contributed by atoms with Gasteiger partial charge in [0.1, 0.15) is 0 Å². The van der Waals surface area contributed by atoms with Crippen LogP contribution in [0.3, 0.4) is 0 Å². The molecule has 0 spiro atoms. The molecule has 1 aromatic carbocycles. The van der Waals surface area contributed by atoms with Crippen LogP contribution >= 0.6 is 0 Å². The summed E-state index contributed by atoms with van der Waals surface area (Å²) in [5, 5.41) is 8.50. The van der Waals surface area contributed by atoms with Gasteiger partial charge in [-0.05, 0) is 24.6 Å². The van der Waals surface area contributed by atoms with Gasteiger partial charge in [0.05, 0.1) is 20.8 Å². The summed E-state index contributed by atoms with van der Waals surface area (Å²) in [7, 11) is 3.09. The Kier molecular flexibility index (Phi) is 6.16. The zero-order valence-electron chi connectivity index (χ0n) is 11.8. The average molecular weight is 278 g/mol. The Hall–Kier alpha value is -2.43. The minimum absolute atomic E-state index is 0.506. The fraction of sp³-hybridized carbons (Fsp3) is 0.267. The first-order valence-corrected chi connectivity index (χ1v) is 6.08. The van der Waals surface area contributed by atoms with Crippen LogP contribution in [0.15, 0.2) is 30.4 Å². The van der Waals surface area contributed by atoms with Crippen molar-refractivity contribution >= 4 is 12.0 Å². The van der Waals surface area contributed by atoms with Gasteiger partial charge in [-0.15, -0.1) is 0 Å². The summed E-state index contributed by atoms with van der Waals surface area (Å²) in [5.74, 6) is 0.682. The molecule has 1 N–H and O–H groups in total. The highest BCUT2D eigenvalue weighted by molar-refractivity contribution is 5.80. The van der Waals surface area contributed by atoms with Gasteiger partial charge in [0, 0.05) is 6.08 Å². The number of carboxylic acid groups (broad SMARTS) is 1. The van der Waals surface area contributed by atoms with Crippen molar-refractivity contribution in [3.8, 4) is 17.2 Å². The number of allylic oxidation sites excluding steroid dienone is 2. The predicted molar refractivity (Wildman–Crippen MR) is 76.5 cm³/mol. The van der Waals surface area contributed by atoms with E-state index in [1.165, 1.54) is 6.08 Å². The second-order valence-electron chi connectivity index (χ2n) is 3.74. The van der Waals surface area contributed by atoms with Crippen molar-refractivity contribution in [2.45, 2.75) is 6.92 Å². The predicted octanol–water partition coefficient (Wildman–Crippen LogP) is 2.76. The summed E-state index contributed by atoms with van der Waals surface area (Å²) < 4.78 is 16.0. The van der Waals surface area contributed by atoms with Crippen LogP contribution in [-0.4, -0.2) is 31.9 Å². The molecule has 0 aliphatic heterocycles. The molecule has 0 aliphatic carbocycles. The molecule has 0 fully saturated rings. The lowest BCUT2D eigenvalue weighted by molar-refractivity contribution is -0.131. The summed E-state index contributed by atoms with van der Waals surface area (Å²) >= 11 is 0. The fourth-order valence-electron chi connectivity index (χ4n) is 1.61. The Bertz CT molecular complexity index is 517. The highest BCUT2D eigenvalue weighted by atomic mass is 16.5. The Morgan fingerprint density at radius 2 is 1.90 bits per heavy atom. The van der Waals surface area contributed by atoms with Crippen molar-refractivity contribution in [3.63, 3.8) is 0 Å². The normalized spacial score (nSPS) is 10.9. The first kappa shape index (κ1) is 15.6. The monoisotopic (exact) mass is 278 g/mol. The number of hydrogen-bond donors (Lipinski definition) is 1. The van der Waals surface area contributed by atoms with Crippen LogP contribution in [0.5, 0.6) is 17.2 Å². The number of methoxy groups -OCH3 is 2. The van der Waals surface area contributed by atoms with E-state index in [0.29, 0.717) is 23.9 Å². The van der Waals surface area contributed by atoms with Crippen LogP contribution < -0.4 is 14.2 Å². The van der Waals surface area contributed by atoms with E-state index < -0.39 is 5.97 Å². The van der Waals surface area contributed by atoms with E-state index in [2.05, 4.69) is 0 Å².